The normalized spacial score (nSPS) is 10.7. The molecule has 1 amide bonds. The SMILES string of the molecule is O=C(CCn1cc(C(=O)O)cn1)Nc1nccc(-c2ccc(OC(F)F)cc2)n1. The van der Waals surface area contributed by atoms with E-state index in [4.69, 9.17) is 5.11 Å². The van der Waals surface area contributed by atoms with Crippen molar-refractivity contribution in [2.75, 3.05) is 5.32 Å². The van der Waals surface area contributed by atoms with Crippen molar-refractivity contribution < 1.29 is 28.2 Å². The van der Waals surface area contributed by atoms with Gasteiger partial charge in [-0.2, -0.15) is 13.9 Å². The van der Waals surface area contributed by atoms with Crippen molar-refractivity contribution in [3.8, 4) is 17.0 Å². The van der Waals surface area contributed by atoms with Gasteiger partial charge in [-0.25, -0.2) is 14.8 Å². The number of halogens is 2. The summed E-state index contributed by atoms with van der Waals surface area (Å²) in [4.78, 5) is 31.1. The van der Waals surface area contributed by atoms with Gasteiger partial charge in [-0.3, -0.25) is 14.8 Å². The predicted octanol–water partition coefficient (Wildman–Crippen LogP) is 2.67. The van der Waals surface area contributed by atoms with E-state index in [0.717, 1.165) is 0 Å². The van der Waals surface area contributed by atoms with Crippen LogP contribution in [-0.4, -0.2) is 43.3 Å². The minimum Gasteiger partial charge on any atom is -0.478 e. The molecule has 29 heavy (non-hydrogen) atoms. The Morgan fingerprint density at radius 1 is 1.21 bits per heavy atom. The van der Waals surface area contributed by atoms with Crippen molar-refractivity contribution >= 4 is 17.8 Å². The first kappa shape index (κ1) is 19.9. The summed E-state index contributed by atoms with van der Waals surface area (Å²) < 4.78 is 30.1. The van der Waals surface area contributed by atoms with E-state index in [1.807, 2.05) is 0 Å². The summed E-state index contributed by atoms with van der Waals surface area (Å²) in [5.41, 5.74) is 1.14. The summed E-state index contributed by atoms with van der Waals surface area (Å²) in [6.07, 6.45) is 4.01. The van der Waals surface area contributed by atoms with E-state index >= 15 is 0 Å². The van der Waals surface area contributed by atoms with Gasteiger partial charge in [0.2, 0.25) is 11.9 Å². The Hall–Kier alpha value is -3.89. The lowest BCUT2D eigenvalue weighted by Gasteiger charge is -2.07. The molecule has 0 saturated carbocycles. The molecular formula is C18H15F2N5O4. The van der Waals surface area contributed by atoms with Crippen LogP contribution in [0, 0.1) is 0 Å². The number of carbonyl (C=O) groups is 2. The number of benzene rings is 1. The highest BCUT2D eigenvalue weighted by molar-refractivity contribution is 5.89. The van der Waals surface area contributed by atoms with Crippen molar-refractivity contribution in [3.63, 3.8) is 0 Å². The molecule has 0 fully saturated rings. The smallest absolute Gasteiger partial charge is 0.387 e. The number of aryl methyl sites for hydroxylation is 1. The number of carbonyl (C=O) groups excluding carboxylic acids is 1. The van der Waals surface area contributed by atoms with Crippen molar-refractivity contribution in [3.05, 3.63) is 54.5 Å². The van der Waals surface area contributed by atoms with Gasteiger partial charge < -0.3 is 9.84 Å². The molecule has 0 aliphatic heterocycles. The van der Waals surface area contributed by atoms with Crippen molar-refractivity contribution in [1.29, 1.82) is 0 Å². The molecule has 0 aliphatic rings. The maximum Gasteiger partial charge on any atom is 0.387 e. The van der Waals surface area contributed by atoms with E-state index in [2.05, 4.69) is 25.1 Å². The molecule has 2 heterocycles. The number of nitrogens with one attached hydrogen (secondary N) is 1. The largest absolute Gasteiger partial charge is 0.478 e. The molecule has 0 spiro atoms. The lowest BCUT2D eigenvalue weighted by Crippen LogP contribution is -2.16. The molecule has 2 N–H and O–H groups in total. The fourth-order valence-electron chi connectivity index (χ4n) is 2.39. The molecule has 0 saturated heterocycles. The van der Waals surface area contributed by atoms with Crippen LogP contribution in [0.25, 0.3) is 11.3 Å². The van der Waals surface area contributed by atoms with Crippen LogP contribution >= 0.6 is 0 Å². The first-order chi connectivity index (χ1) is 13.9. The Morgan fingerprint density at radius 3 is 2.62 bits per heavy atom. The number of carboxylic acids is 1. The van der Waals surface area contributed by atoms with E-state index in [9.17, 15) is 18.4 Å². The van der Waals surface area contributed by atoms with Crippen molar-refractivity contribution in [2.24, 2.45) is 0 Å². The van der Waals surface area contributed by atoms with E-state index in [1.54, 1.807) is 18.2 Å². The Balaban J connectivity index is 1.60. The van der Waals surface area contributed by atoms with Crippen LogP contribution in [0.4, 0.5) is 14.7 Å². The highest BCUT2D eigenvalue weighted by Gasteiger charge is 2.10. The number of aromatic nitrogens is 4. The highest BCUT2D eigenvalue weighted by Crippen LogP contribution is 2.22. The second kappa shape index (κ2) is 8.87. The van der Waals surface area contributed by atoms with Gasteiger partial charge in [0.25, 0.3) is 0 Å². The number of carboxylic acid groups (broad SMARTS) is 1. The molecule has 2 aromatic heterocycles. The molecule has 1 aromatic carbocycles. The Kier molecular flexibility index (Phi) is 6.07. The quantitative estimate of drug-likeness (QED) is 0.593. The zero-order valence-electron chi connectivity index (χ0n) is 14.8. The Morgan fingerprint density at radius 2 is 1.97 bits per heavy atom. The van der Waals surface area contributed by atoms with Gasteiger partial charge in [0.15, 0.2) is 0 Å². The average molecular weight is 403 g/mol. The second-order valence-electron chi connectivity index (χ2n) is 5.76. The minimum absolute atomic E-state index is 0.0241. The second-order valence-corrected chi connectivity index (χ2v) is 5.76. The van der Waals surface area contributed by atoms with Gasteiger partial charge in [-0.1, -0.05) is 0 Å². The number of hydrogen-bond donors (Lipinski definition) is 2. The van der Waals surface area contributed by atoms with Gasteiger partial charge in [-0.05, 0) is 30.3 Å². The topological polar surface area (TPSA) is 119 Å². The van der Waals surface area contributed by atoms with Gasteiger partial charge in [0.05, 0.1) is 17.5 Å². The molecule has 11 heteroatoms. The zero-order chi connectivity index (χ0) is 20.8. The van der Waals surface area contributed by atoms with Crippen LogP contribution in [0.1, 0.15) is 16.8 Å². The minimum atomic E-state index is -2.90. The average Bonchev–Trinajstić information content (AvgIpc) is 3.16. The molecular weight excluding hydrogens is 388 g/mol. The Labute approximate surface area is 163 Å². The lowest BCUT2D eigenvalue weighted by molar-refractivity contribution is -0.116. The number of rotatable bonds is 8. The highest BCUT2D eigenvalue weighted by atomic mass is 19.3. The molecule has 3 rings (SSSR count). The molecule has 0 unspecified atom stereocenters. The molecule has 0 atom stereocenters. The summed E-state index contributed by atoms with van der Waals surface area (Å²) in [5, 5.41) is 15.3. The third kappa shape index (κ3) is 5.54. The van der Waals surface area contributed by atoms with Crippen LogP contribution in [0.5, 0.6) is 5.75 Å². The predicted molar refractivity (Wildman–Crippen MR) is 96.5 cm³/mol. The van der Waals surface area contributed by atoms with Crippen LogP contribution in [0.15, 0.2) is 48.9 Å². The first-order valence-electron chi connectivity index (χ1n) is 8.34. The fourth-order valence-corrected chi connectivity index (χ4v) is 2.39. The number of hydrogen-bond acceptors (Lipinski definition) is 6. The van der Waals surface area contributed by atoms with Crippen molar-refractivity contribution in [1.82, 2.24) is 19.7 Å². The number of nitrogens with zero attached hydrogens (tertiary/aromatic N) is 4. The van der Waals surface area contributed by atoms with E-state index < -0.39 is 12.6 Å². The van der Waals surface area contributed by atoms with Gasteiger partial charge in [-0.15, -0.1) is 0 Å². The van der Waals surface area contributed by atoms with E-state index in [0.29, 0.717) is 11.3 Å². The van der Waals surface area contributed by atoms with Gasteiger partial charge in [0.1, 0.15) is 5.75 Å². The molecule has 3 aromatic rings. The van der Waals surface area contributed by atoms with Gasteiger partial charge in [0, 0.05) is 30.9 Å². The summed E-state index contributed by atoms with van der Waals surface area (Å²) in [5.74, 6) is -1.38. The molecule has 9 nitrogen and oxygen atoms in total. The summed E-state index contributed by atoms with van der Waals surface area (Å²) in [6, 6.07) is 7.50. The first-order valence-corrected chi connectivity index (χ1v) is 8.34. The number of ether oxygens (including phenoxy) is 1. The van der Waals surface area contributed by atoms with Gasteiger partial charge >= 0.3 is 12.6 Å². The van der Waals surface area contributed by atoms with E-state index in [1.165, 1.54) is 35.4 Å². The van der Waals surface area contributed by atoms with Crippen LogP contribution in [-0.2, 0) is 11.3 Å². The summed E-state index contributed by atoms with van der Waals surface area (Å²) >= 11 is 0. The maximum atomic E-state index is 12.2. The third-order valence-electron chi connectivity index (χ3n) is 3.73. The monoisotopic (exact) mass is 403 g/mol. The number of amides is 1. The van der Waals surface area contributed by atoms with Crippen LogP contribution < -0.4 is 10.1 Å². The maximum absolute atomic E-state index is 12.2. The van der Waals surface area contributed by atoms with Crippen molar-refractivity contribution in [2.45, 2.75) is 19.6 Å². The summed E-state index contributed by atoms with van der Waals surface area (Å²) in [7, 11) is 0. The molecule has 0 radical (unpaired) electrons. The standard InChI is InChI=1S/C18H15F2N5O4/c19-17(20)29-13-3-1-11(2-4-13)14-5-7-21-18(23-14)24-15(26)6-8-25-10-12(9-22-25)16(27)28/h1-5,7,9-10,17H,6,8H2,(H,27,28)(H,21,23,24,26). The zero-order valence-corrected chi connectivity index (χ0v) is 14.8. The number of anilines is 1. The molecule has 0 bridgehead atoms. The Bertz CT molecular complexity index is 1010. The third-order valence-corrected chi connectivity index (χ3v) is 3.73. The summed E-state index contributed by atoms with van der Waals surface area (Å²) in [6.45, 7) is -2.72. The molecule has 150 valence electrons. The number of aromatic carboxylic acids is 1. The molecule has 0 aliphatic carbocycles. The lowest BCUT2D eigenvalue weighted by atomic mass is 10.1. The van der Waals surface area contributed by atoms with Crippen LogP contribution in [0.3, 0.4) is 0 Å². The van der Waals surface area contributed by atoms with Crippen LogP contribution in [0.2, 0.25) is 0 Å². The number of alkyl halides is 2. The fraction of sp³-hybridized carbons (Fsp3) is 0.167. The van der Waals surface area contributed by atoms with E-state index in [-0.39, 0.29) is 36.1 Å².